The Morgan fingerprint density at radius 2 is 2.22 bits per heavy atom. The van der Waals surface area contributed by atoms with Crippen LogP contribution in [0.1, 0.15) is 28.9 Å². The third-order valence-electron chi connectivity index (χ3n) is 5.79. The number of hydrogen-bond acceptors (Lipinski definition) is 4. The lowest BCUT2D eigenvalue weighted by Crippen LogP contribution is -2.66. The molecule has 2 fully saturated rings. The summed E-state index contributed by atoms with van der Waals surface area (Å²) >= 11 is 0. The lowest BCUT2D eigenvalue weighted by atomic mass is 9.82. The predicted molar refractivity (Wildman–Crippen MR) is 103 cm³/mol. The average Bonchev–Trinajstić information content (AvgIpc) is 3.07. The second-order valence-electron chi connectivity index (χ2n) is 8.12. The van der Waals surface area contributed by atoms with Crippen LogP contribution in [-0.2, 0) is 18.3 Å². The van der Waals surface area contributed by atoms with Crippen LogP contribution in [0, 0.1) is 5.92 Å². The molecule has 2 aliphatic rings. The van der Waals surface area contributed by atoms with Gasteiger partial charge in [-0.2, -0.15) is 0 Å². The van der Waals surface area contributed by atoms with E-state index in [1.807, 2.05) is 53.3 Å². The number of carbonyl (C=O) groups excluding carboxylic acids is 1. The first kappa shape index (κ1) is 18.2. The predicted octanol–water partition coefficient (Wildman–Crippen LogP) is 2.17. The molecule has 0 unspecified atom stereocenters. The van der Waals surface area contributed by atoms with Crippen LogP contribution < -0.4 is 0 Å². The molecule has 144 valence electrons. The molecule has 2 aromatic heterocycles. The van der Waals surface area contributed by atoms with Gasteiger partial charge in [0.2, 0.25) is 0 Å². The Balaban J connectivity index is 1.23. The van der Waals surface area contributed by atoms with Crippen LogP contribution in [-0.4, -0.2) is 64.1 Å². The van der Waals surface area contributed by atoms with Gasteiger partial charge in [0.25, 0.3) is 5.91 Å². The Morgan fingerprint density at radius 1 is 1.37 bits per heavy atom. The molecule has 1 atom stereocenters. The summed E-state index contributed by atoms with van der Waals surface area (Å²) in [6, 6.07) is 7.88. The summed E-state index contributed by atoms with van der Waals surface area (Å²) in [4.78, 5) is 21.0. The second-order valence-corrected chi connectivity index (χ2v) is 8.12. The van der Waals surface area contributed by atoms with Gasteiger partial charge < -0.3 is 19.1 Å². The van der Waals surface area contributed by atoms with Gasteiger partial charge in [-0.1, -0.05) is 6.07 Å². The molecule has 0 aromatic carbocycles. The van der Waals surface area contributed by atoms with Crippen LogP contribution >= 0.6 is 0 Å². The van der Waals surface area contributed by atoms with Crippen molar-refractivity contribution < 1.29 is 9.53 Å². The SMILES string of the molecule is CN(Cc1cccnc1)C[C@@H]1CCC2(CN(C(=O)c3cccn3C)C2)OC1. The van der Waals surface area contributed by atoms with Gasteiger partial charge in [0.1, 0.15) is 11.3 Å². The van der Waals surface area contributed by atoms with Crippen molar-refractivity contribution in [1.29, 1.82) is 0 Å². The molecule has 0 aliphatic carbocycles. The average molecular weight is 368 g/mol. The van der Waals surface area contributed by atoms with Gasteiger partial charge in [0.05, 0.1) is 19.7 Å². The van der Waals surface area contributed by atoms with E-state index in [0.717, 1.165) is 51.3 Å². The minimum atomic E-state index is -0.112. The highest BCUT2D eigenvalue weighted by atomic mass is 16.5. The molecule has 6 heteroatoms. The maximum Gasteiger partial charge on any atom is 0.270 e. The van der Waals surface area contributed by atoms with Crippen molar-refractivity contribution in [3.63, 3.8) is 0 Å². The van der Waals surface area contributed by atoms with E-state index in [4.69, 9.17) is 4.74 Å². The number of carbonyl (C=O) groups is 1. The van der Waals surface area contributed by atoms with E-state index in [1.54, 1.807) is 0 Å². The first-order chi connectivity index (χ1) is 13.0. The number of pyridine rings is 1. The lowest BCUT2D eigenvalue weighted by Gasteiger charge is -2.52. The minimum absolute atomic E-state index is 0.107. The first-order valence-electron chi connectivity index (χ1n) is 9.67. The highest BCUT2D eigenvalue weighted by Crippen LogP contribution is 2.36. The molecule has 0 radical (unpaired) electrons. The number of nitrogens with zero attached hydrogens (tertiary/aromatic N) is 4. The van der Waals surface area contributed by atoms with Crippen molar-refractivity contribution >= 4 is 5.91 Å². The quantitative estimate of drug-likeness (QED) is 0.812. The van der Waals surface area contributed by atoms with Crippen LogP contribution in [0.3, 0.4) is 0 Å². The van der Waals surface area contributed by atoms with Crippen molar-refractivity contribution in [2.75, 3.05) is 33.3 Å². The number of aryl methyl sites for hydroxylation is 1. The molecule has 0 N–H and O–H groups in total. The summed E-state index contributed by atoms with van der Waals surface area (Å²) in [5, 5.41) is 0. The topological polar surface area (TPSA) is 50.6 Å². The minimum Gasteiger partial charge on any atom is -0.371 e. The number of aromatic nitrogens is 2. The van der Waals surface area contributed by atoms with Crippen molar-refractivity contribution in [3.05, 3.63) is 54.1 Å². The van der Waals surface area contributed by atoms with Crippen LogP contribution in [0.2, 0.25) is 0 Å². The number of ether oxygens (including phenoxy) is 1. The Labute approximate surface area is 160 Å². The smallest absolute Gasteiger partial charge is 0.270 e. The first-order valence-corrected chi connectivity index (χ1v) is 9.67. The van der Waals surface area contributed by atoms with Gasteiger partial charge in [0, 0.05) is 38.7 Å². The Bertz CT molecular complexity index is 772. The van der Waals surface area contributed by atoms with Crippen LogP contribution in [0.15, 0.2) is 42.9 Å². The molecule has 2 aromatic rings. The molecule has 0 saturated carbocycles. The Kier molecular flexibility index (Phi) is 5.02. The van der Waals surface area contributed by atoms with Gasteiger partial charge in [-0.05, 0) is 49.6 Å². The van der Waals surface area contributed by atoms with E-state index in [2.05, 4.69) is 23.0 Å². The van der Waals surface area contributed by atoms with Crippen LogP contribution in [0.5, 0.6) is 0 Å². The normalized spacial score (nSPS) is 21.4. The largest absolute Gasteiger partial charge is 0.371 e. The van der Waals surface area contributed by atoms with Crippen LogP contribution in [0.25, 0.3) is 0 Å². The van der Waals surface area contributed by atoms with Gasteiger partial charge >= 0.3 is 0 Å². The van der Waals surface area contributed by atoms with Crippen LogP contribution in [0.4, 0.5) is 0 Å². The number of likely N-dealkylation sites (tertiary alicyclic amines) is 1. The second kappa shape index (κ2) is 7.44. The molecule has 1 spiro atoms. The summed E-state index contributed by atoms with van der Waals surface area (Å²) in [6.45, 7) is 4.15. The van der Waals surface area contributed by atoms with Gasteiger partial charge in [-0.15, -0.1) is 0 Å². The zero-order valence-corrected chi connectivity index (χ0v) is 16.2. The summed E-state index contributed by atoms with van der Waals surface area (Å²) in [7, 11) is 4.06. The monoisotopic (exact) mass is 368 g/mol. The summed E-state index contributed by atoms with van der Waals surface area (Å²) < 4.78 is 8.13. The van der Waals surface area contributed by atoms with E-state index in [1.165, 1.54) is 5.56 Å². The highest BCUT2D eigenvalue weighted by molar-refractivity contribution is 5.93. The molecule has 2 saturated heterocycles. The molecule has 0 bridgehead atoms. The number of amides is 1. The van der Waals surface area contributed by atoms with Crippen molar-refractivity contribution in [3.8, 4) is 0 Å². The summed E-state index contributed by atoms with van der Waals surface area (Å²) in [6.07, 6.45) is 7.84. The Morgan fingerprint density at radius 3 is 2.85 bits per heavy atom. The molecular weight excluding hydrogens is 340 g/mol. The standard InChI is InChI=1S/C21H28N4O2/c1-23(12-17-5-3-9-22-11-17)13-18-7-8-21(27-14-18)15-25(16-21)20(26)19-6-4-10-24(19)2/h3-6,9-11,18H,7-8,12-16H2,1-2H3/t18-/m0/s1. The summed E-state index contributed by atoms with van der Waals surface area (Å²) in [5.41, 5.74) is 1.87. The van der Waals surface area contributed by atoms with Crippen molar-refractivity contribution in [2.24, 2.45) is 13.0 Å². The maximum atomic E-state index is 12.6. The fraction of sp³-hybridized carbons (Fsp3) is 0.524. The summed E-state index contributed by atoms with van der Waals surface area (Å²) in [5.74, 6) is 0.657. The van der Waals surface area contributed by atoms with E-state index in [-0.39, 0.29) is 11.5 Å². The lowest BCUT2D eigenvalue weighted by molar-refractivity contribution is -0.168. The Hall–Kier alpha value is -2.18. The molecule has 2 aliphatic heterocycles. The molecule has 1 amide bonds. The molecule has 27 heavy (non-hydrogen) atoms. The third-order valence-corrected chi connectivity index (χ3v) is 5.79. The maximum absolute atomic E-state index is 12.6. The molecule has 4 rings (SSSR count). The van der Waals surface area contributed by atoms with E-state index in [9.17, 15) is 4.79 Å². The van der Waals surface area contributed by atoms with Crippen molar-refractivity contribution in [2.45, 2.75) is 25.0 Å². The number of hydrogen-bond donors (Lipinski definition) is 0. The zero-order valence-electron chi connectivity index (χ0n) is 16.2. The van der Waals surface area contributed by atoms with Gasteiger partial charge in [-0.25, -0.2) is 0 Å². The van der Waals surface area contributed by atoms with Gasteiger partial charge in [-0.3, -0.25) is 9.78 Å². The van der Waals surface area contributed by atoms with E-state index >= 15 is 0 Å². The third kappa shape index (κ3) is 3.92. The van der Waals surface area contributed by atoms with E-state index < -0.39 is 0 Å². The highest BCUT2D eigenvalue weighted by Gasteiger charge is 2.48. The molecular formula is C21H28N4O2. The molecule has 4 heterocycles. The number of rotatable bonds is 5. The van der Waals surface area contributed by atoms with Crippen molar-refractivity contribution in [1.82, 2.24) is 19.4 Å². The van der Waals surface area contributed by atoms with Gasteiger partial charge in [0.15, 0.2) is 0 Å². The fourth-order valence-corrected chi connectivity index (χ4v) is 4.26. The van der Waals surface area contributed by atoms with E-state index in [0.29, 0.717) is 5.92 Å². The molecule has 6 nitrogen and oxygen atoms in total. The fourth-order valence-electron chi connectivity index (χ4n) is 4.26. The zero-order chi connectivity index (χ0) is 18.9.